The summed E-state index contributed by atoms with van der Waals surface area (Å²) in [4.78, 5) is 34.5. The zero-order valence-corrected chi connectivity index (χ0v) is 22.5. The standard InChI is InChI=1S/C29H40N8O/c1-20-7-12-36(18-20)22-8-13-35(14-9-22)23-5-6-25(30-17-23)33-28-31-16-21-15-24-27(38)32-19-29(10-3-2-4-11-29)37(24)26(21)34-28/h5-6,16-17,20,22,24H,2-4,7-15,18-19H2,1H3,(H,32,38)(H,30,31,33,34). The second kappa shape index (κ2) is 9.67. The number of fused-ring (bicyclic) bond motifs is 4. The lowest BCUT2D eigenvalue weighted by Gasteiger charge is -2.51. The van der Waals surface area contributed by atoms with Crippen molar-refractivity contribution in [3.05, 3.63) is 30.1 Å². The van der Waals surface area contributed by atoms with E-state index in [4.69, 9.17) is 9.97 Å². The number of carbonyl (C=O) groups is 1. The van der Waals surface area contributed by atoms with Gasteiger partial charge >= 0.3 is 0 Å². The number of hydrogen-bond donors (Lipinski definition) is 2. The Labute approximate surface area is 225 Å². The molecule has 38 heavy (non-hydrogen) atoms. The molecule has 6 heterocycles. The molecule has 0 aromatic carbocycles. The van der Waals surface area contributed by atoms with E-state index in [0.717, 1.165) is 55.1 Å². The molecule has 9 nitrogen and oxygen atoms in total. The van der Waals surface area contributed by atoms with Crippen LogP contribution in [0.4, 0.5) is 23.3 Å². The Balaban J connectivity index is 1.03. The lowest BCUT2D eigenvalue weighted by Crippen LogP contribution is -2.67. The van der Waals surface area contributed by atoms with Gasteiger partial charge in [0, 0.05) is 50.4 Å². The summed E-state index contributed by atoms with van der Waals surface area (Å²) in [6, 6.07) is 4.75. The molecule has 4 fully saturated rings. The van der Waals surface area contributed by atoms with Crippen LogP contribution < -0.4 is 20.4 Å². The van der Waals surface area contributed by atoms with Gasteiger partial charge in [-0.2, -0.15) is 4.98 Å². The Morgan fingerprint density at radius 2 is 1.87 bits per heavy atom. The molecule has 1 saturated carbocycles. The van der Waals surface area contributed by atoms with Crippen molar-refractivity contribution in [2.75, 3.05) is 47.8 Å². The fourth-order valence-electron chi connectivity index (χ4n) is 7.66. The van der Waals surface area contributed by atoms with Gasteiger partial charge in [0.2, 0.25) is 11.9 Å². The molecule has 1 spiro atoms. The summed E-state index contributed by atoms with van der Waals surface area (Å²) in [7, 11) is 0. The molecule has 2 aromatic heterocycles. The number of piperazine rings is 1. The Morgan fingerprint density at radius 3 is 2.61 bits per heavy atom. The quantitative estimate of drug-likeness (QED) is 0.639. The van der Waals surface area contributed by atoms with Crippen molar-refractivity contribution in [3.8, 4) is 0 Å². The van der Waals surface area contributed by atoms with Crippen LogP contribution in [0, 0.1) is 5.92 Å². The van der Waals surface area contributed by atoms with Gasteiger partial charge in [-0.3, -0.25) is 9.69 Å². The first-order chi connectivity index (χ1) is 18.6. The first-order valence-corrected chi connectivity index (χ1v) is 14.7. The van der Waals surface area contributed by atoms with Crippen molar-refractivity contribution in [2.24, 2.45) is 5.92 Å². The molecular weight excluding hydrogens is 476 g/mol. The highest BCUT2D eigenvalue weighted by Gasteiger charge is 2.51. The molecule has 2 atom stereocenters. The third kappa shape index (κ3) is 4.28. The van der Waals surface area contributed by atoms with Crippen molar-refractivity contribution in [2.45, 2.75) is 82.3 Å². The molecule has 7 rings (SSSR count). The van der Waals surface area contributed by atoms with Gasteiger partial charge in [-0.1, -0.05) is 26.2 Å². The van der Waals surface area contributed by atoms with Crippen molar-refractivity contribution < 1.29 is 4.79 Å². The summed E-state index contributed by atoms with van der Waals surface area (Å²) < 4.78 is 0. The maximum Gasteiger partial charge on any atom is 0.243 e. The van der Waals surface area contributed by atoms with Gasteiger partial charge in [0.05, 0.1) is 17.4 Å². The molecule has 202 valence electrons. The molecule has 2 aromatic rings. The number of anilines is 4. The van der Waals surface area contributed by atoms with Crippen LogP contribution in [0.5, 0.6) is 0 Å². The average Bonchev–Trinajstić information content (AvgIpc) is 3.57. The van der Waals surface area contributed by atoms with E-state index in [1.54, 1.807) is 0 Å². The van der Waals surface area contributed by atoms with Crippen LogP contribution in [0.15, 0.2) is 24.5 Å². The van der Waals surface area contributed by atoms with Gasteiger partial charge in [0.15, 0.2) is 0 Å². The van der Waals surface area contributed by atoms with E-state index in [1.165, 1.54) is 57.3 Å². The summed E-state index contributed by atoms with van der Waals surface area (Å²) in [6.07, 6.45) is 14.2. The molecule has 9 heteroatoms. The van der Waals surface area contributed by atoms with Gasteiger partial charge in [-0.15, -0.1) is 0 Å². The van der Waals surface area contributed by atoms with E-state index in [1.807, 2.05) is 18.5 Å². The number of carbonyl (C=O) groups excluding carboxylic acids is 1. The lowest BCUT2D eigenvalue weighted by atomic mass is 9.78. The smallest absolute Gasteiger partial charge is 0.243 e. The molecule has 2 N–H and O–H groups in total. The first-order valence-electron chi connectivity index (χ1n) is 14.7. The number of pyridine rings is 1. The van der Waals surface area contributed by atoms with E-state index in [9.17, 15) is 4.79 Å². The van der Waals surface area contributed by atoms with Crippen LogP contribution in [0.25, 0.3) is 0 Å². The SMILES string of the molecule is CC1CCN(C2CCN(c3ccc(Nc4ncc5c(n4)N4C(C5)C(=O)NCC45CCCCC5)nc3)CC2)C1. The summed E-state index contributed by atoms with van der Waals surface area (Å²) in [5.41, 5.74) is 2.23. The van der Waals surface area contributed by atoms with E-state index in [-0.39, 0.29) is 17.5 Å². The number of aromatic nitrogens is 3. The van der Waals surface area contributed by atoms with Crippen molar-refractivity contribution in [1.82, 2.24) is 25.2 Å². The molecule has 1 aliphatic carbocycles. The van der Waals surface area contributed by atoms with Crippen molar-refractivity contribution in [1.29, 1.82) is 0 Å². The molecule has 0 radical (unpaired) electrons. The normalized spacial score (nSPS) is 27.3. The van der Waals surface area contributed by atoms with Crippen LogP contribution in [-0.4, -0.2) is 76.1 Å². The Hall–Kier alpha value is -2.94. The second-order valence-corrected chi connectivity index (χ2v) is 12.3. The highest BCUT2D eigenvalue weighted by atomic mass is 16.2. The maximum absolute atomic E-state index is 12.8. The predicted octanol–water partition coefficient (Wildman–Crippen LogP) is 3.49. The summed E-state index contributed by atoms with van der Waals surface area (Å²) >= 11 is 0. The van der Waals surface area contributed by atoms with Crippen LogP contribution in [0.3, 0.4) is 0 Å². The number of piperidine rings is 1. The monoisotopic (exact) mass is 516 g/mol. The Kier molecular flexibility index (Phi) is 6.14. The zero-order valence-electron chi connectivity index (χ0n) is 22.5. The lowest BCUT2D eigenvalue weighted by molar-refractivity contribution is -0.124. The number of likely N-dealkylation sites (tertiary alicyclic amines) is 1. The maximum atomic E-state index is 12.8. The third-order valence-corrected chi connectivity index (χ3v) is 9.77. The summed E-state index contributed by atoms with van der Waals surface area (Å²) in [6.45, 7) is 7.80. The number of hydrogen-bond acceptors (Lipinski definition) is 8. The fraction of sp³-hybridized carbons (Fsp3) is 0.655. The number of nitrogens with zero attached hydrogens (tertiary/aromatic N) is 6. The van der Waals surface area contributed by atoms with E-state index in [2.05, 4.69) is 43.3 Å². The van der Waals surface area contributed by atoms with Gasteiger partial charge in [0.25, 0.3) is 0 Å². The van der Waals surface area contributed by atoms with Crippen LogP contribution in [0.2, 0.25) is 0 Å². The van der Waals surface area contributed by atoms with Gasteiger partial charge in [-0.05, 0) is 56.7 Å². The molecule has 1 amide bonds. The van der Waals surface area contributed by atoms with Gasteiger partial charge in [-0.25, -0.2) is 9.97 Å². The van der Waals surface area contributed by atoms with Crippen molar-refractivity contribution in [3.63, 3.8) is 0 Å². The molecular formula is C29H40N8O. The highest BCUT2D eigenvalue weighted by molar-refractivity contribution is 5.90. The minimum Gasteiger partial charge on any atom is -0.370 e. The summed E-state index contributed by atoms with van der Waals surface area (Å²) in [5, 5.41) is 6.52. The second-order valence-electron chi connectivity index (χ2n) is 12.3. The minimum absolute atomic E-state index is 0.0198. The molecule has 4 aliphatic heterocycles. The first kappa shape index (κ1) is 24.1. The predicted molar refractivity (Wildman–Crippen MR) is 149 cm³/mol. The number of amides is 1. The topological polar surface area (TPSA) is 89.5 Å². The van der Waals surface area contributed by atoms with Crippen LogP contribution in [-0.2, 0) is 11.2 Å². The largest absolute Gasteiger partial charge is 0.370 e. The molecule has 5 aliphatic rings. The van der Waals surface area contributed by atoms with Crippen LogP contribution >= 0.6 is 0 Å². The fourth-order valence-corrected chi connectivity index (χ4v) is 7.66. The molecule has 2 unspecified atom stereocenters. The Bertz CT molecular complexity index is 1170. The average molecular weight is 517 g/mol. The third-order valence-electron chi connectivity index (χ3n) is 9.77. The number of rotatable bonds is 4. The van der Waals surface area contributed by atoms with Gasteiger partial charge in [0.1, 0.15) is 17.7 Å². The highest BCUT2D eigenvalue weighted by Crippen LogP contribution is 2.44. The molecule has 0 bridgehead atoms. The molecule has 3 saturated heterocycles. The van der Waals surface area contributed by atoms with E-state index >= 15 is 0 Å². The number of nitrogens with one attached hydrogen (secondary N) is 2. The minimum atomic E-state index is -0.170. The zero-order chi connectivity index (χ0) is 25.7. The van der Waals surface area contributed by atoms with E-state index in [0.29, 0.717) is 18.9 Å². The Morgan fingerprint density at radius 1 is 1.03 bits per heavy atom. The van der Waals surface area contributed by atoms with E-state index < -0.39 is 0 Å². The van der Waals surface area contributed by atoms with Crippen molar-refractivity contribution >= 4 is 29.2 Å². The summed E-state index contributed by atoms with van der Waals surface area (Å²) in [5.74, 6) is 3.18. The van der Waals surface area contributed by atoms with Gasteiger partial charge < -0.3 is 20.4 Å². The van der Waals surface area contributed by atoms with Crippen LogP contribution in [0.1, 0.15) is 63.9 Å².